The van der Waals surface area contributed by atoms with E-state index in [0.29, 0.717) is 6.42 Å². The van der Waals surface area contributed by atoms with Gasteiger partial charge in [0.15, 0.2) is 0 Å². The third-order valence-corrected chi connectivity index (χ3v) is 9.58. The Hall–Kier alpha value is -3.85. The molecule has 0 aromatic heterocycles. The molecule has 230 valence electrons. The van der Waals surface area contributed by atoms with E-state index < -0.39 is 28.5 Å². The molecule has 0 aliphatic rings. The molecule has 0 unspecified atom stereocenters. The van der Waals surface area contributed by atoms with E-state index in [-0.39, 0.29) is 45.5 Å². The van der Waals surface area contributed by atoms with Crippen molar-refractivity contribution in [2.75, 3.05) is 10.8 Å². The summed E-state index contributed by atoms with van der Waals surface area (Å²) in [5.74, 6) is -0.907. The minimum Gasteiger partial charge on any atom is -0.352 e. The molecule has 0 bridgehead atoms. The lowest BCUT2D eigenvalue weighted by Gasteiger charge is -2.34. The van der Waals surface area contributed by atoms with E-state index in [4.69, 9.17) is 23.2 Å². The summed E-state index contributed by atoms with van der Waals surface area (Å²) in [7, 11) is -4.28. The number of benzene rings is 4. The van der Waals surface area contributed by atoms with E-state index in [0.717, 1.165) is 15.4 Å². The summed E-state index contributed by atoms with van der Waals surface area (Å²) in [6, 6.07) is 29.9. The summed E-state index contributed by atoms with van der Waals surface area (Å²) >= 11 is 12.8. The summed E-state index contributed by atoms with van der Waals surface area (Å²) in [5.41, 5.74) is 1.70. The Morgan fingerprint density at radius 1 is 0.818 bits per heavy atom. The molecule has 0 saturated heterocycles. The largest absolute Gasteiger partial charge is 0.352 e. The van der Waals surface area contributed by atoms with Gasteiger partial charge in [0.2, 0.25) is 11.8 Å². The second kappa shape index (κ2) is 15.2. The molecule has 0 aliphatic carbocycles. The molecule has 0 aliphatic heterocycles. The number of hydrogen-bond acceptors (Lipinski definition) is 4. The van der Waals surface area contributed by atoms with Crippen molar-refractivity contribution in [3.8, 4) is 0 Å². The fourth-order valence-electron chi connectivity index (χ4n) is 4.69. The average Bonchev–Trinajstić information content (AvgIpc) is 3.03. The zero-order valence-electron chi connectivity index (χ0n) is 24.6. The molecule has 0 fully saturated rings. The van der Waals surface area contributed by atoms with Gasteiger partial charge in [-0.15, -0.1) is 0 Å². The Balaban J connectivity index is 1.82. The highest BCUT2D eigenvalue weighted by molar-refractivity contribution is 7.92. The molecule has 4 aromatic rings. The number of amides is 2. The van der Waals surface area contributed by atoms with E-state index in [1.165, 1.54) is 29.2 Å². The van der Waals surface area contributed by atoms with Crippen molar-refractivity contribution in [2.45, 2.75) is 50.2 Å². The summed E-state index contributed by atoms with van der Waals surface area (Å²) in [5, 5.41) is 3.38. The highest BCUT2D eigenvalue weighted by Crippen LogP contribution is 2.33. The number of sulfonamides is 1. The molecule has 0 heterocycles. The number of carbonyl (C=O) groups excluding carboxylic acids is 2. The molecular weight excluding hydrogens is 617 g/mol. The first-order valence-electron chi connectivity index (χ1n) is 14.3. The SMILES string of the molecule is CC[C@H](C)NC(=O)[C@H](Cc1ccccc1)N(Cc1ccccc1)C(=O)CN(c1cc(Cl)ccc1Cl)S(=O)(=O)c1ccccc1. The van der Waals surface area contributed by atoms with Crippen LogP contribution in [0.15, 0.2) is 114 Å². The third kappa shape index (κ3) is 8.40. The van der Waals surface area contributed by atoms with Crippen molar-refractivity contribution >= 4 is 50.7 Å². The van der Waals surface area contributed by atoms with Crippen LogP contribution in [0.25, 0.3) is 0 Å². The van der Waals surface area contributed by atoms with Crippen LogP contribution in [0.1, 0.15) is 31.4 Å². The van der Waals surface area contributed by atoms with Crippen molar-refractivity contribution in [3.63, 3.8) is 0 Å². The van der Waals surface area contributed by atoms with Crippen LogP contribution in [0.3, 0.4) is 0 Å². The minimum absolute atomic E-state index is 0.0196. The van der Waals surface area contributed by atoms with Gasteiger partial charge in [-0.1, -0.05) is 109 Å². The third-order valence-electron chi connectivity index (χ3n) is 7.25. The molecule has 2 atom stereocenters. The quantitative estimate of drug-likeness (QED) is 0.173. The number of hydrogen-bond donors (Lipinski definition) is 1. The number of nitrogens with zero attached hydrogens (tertiary/aromatic N) is 2. The average molecular weight is 653 g/mol. The van der Waals surface area contributed by atoms with E-state index >= 15 is 0 Å². The van der Waals surface area contributed by atoms with Gasteiger partial charge >= 0.3 is 0 Å². The molecule has 44 heavy (non-hydrogen) atoms. The maximum absolute atomic E-state index is 14.5. The van der Waals surface area contributed by atoms with Crippen LogP contribution in [-0.4, -0.2) is 43.8 Å². The van der Waals surface area contributed by atoms with E-state index in [9.17, 15) is 18.0 Å². The van der Waals surface area contributed by atoms with Crippen LogP contribution in [0, 0.1) is 0 Å². The van der Waals surface area contributed by atoms with Crippen LogP contribution < -0.4 is 9.62 Å². The van der Waals surface area contributed by atoms with Gasteiger partial charge in [-0.05, 0) is 54.8 Å². The molecule has 4 aromatic carbocycles. The smallest absolute Gasteiger partial charge is 0.264 e. The Bertz CT molecular complexity index is 1660. The van der Waals surface area contributed by atoms with E-state index in [1.807, 2.05) is 74.5 Å². The van der Waals surface area contributed by atoms with Crippen LogP contribution in [0.2, 0.25) is 10.0 Å². The summed E-state index contributed by atoms with van der Waals surface area (Å²) in [6.45, 7) is 3.32. The Kier molecular flexibility index (Phi) is 11.4. The first-order chi connectivity index (χ1) is 21.1. The van der Waals surface area contributed by atoms with Crippen LogP contribution in [0.4, 0.5) is 5.69 Å². The van der Waals surface area contributed by atoms with Crippen molar-refractivity contribution in [1.82, 2.24) is 10.2 Å². The summed E-state index contributed by atoms with van der Waals surface area (Å²) in [6.07, 6.45) is 0.928. The summed E-state index contributed by atoms with van der Waals surface area (Å²) < 4.78 is 29.1. The Morgan fingerprint density at radius 2 is 1.39 bits per heavy atom. The maximum atomic E-state index is 14.5. The molecule has 7 nitrogen and oxygen atoms in total. The zero-order chi connectivity index (χ0) is 31.7. The molecule has 10 heteroatoms. The molecular formula is C34H35Cl2N3O4S. The van der Waals surface area contributed by atoms with Crippen molar-refractivity contribution in [3.05, 3.63) is 130 Å². The second-order valence-corrected chi connectivity index (χ2v) is 13.2. The van der Waals surface area contributed by atoms with Gasteiger partial charge in [0.25, 0.3) is 10.0 Å². The number of anilines is 1. The van der Waals surface area contributed by atoms with Crippen molar-refractivity contribution in [2.24, 2.45) is 0 Å². The lowest BCUT2D eigenvalue weighted by molar-refractivity contribution is -0.140. The predicted molar refractivity (Wildman–Crippen MR) is 176 cm³/mol. The fourth-order valence-corrected chi connectivity index (χ4v) is 6.57. The van der Waals surface area contributed by atoms with Crippen molar-refractivity contribution < 1.29 is 18.0 Å². The van der Waals surface area contributed by atoms with Gasteiger partial charge in [0.05, 0.1) is 15.6 Å². The fraction of sp³-hybridized carbons (Fsp3) is 0.235. The molecule has 0 radical (unpaired) electrons. The topological polar surface area (TPSA) is 86.8 Å². The van der Waals surface area contributed by atoms with Crippen LogP contribution >= 0.6 is 23.2 Å². The van der Waals surface area contributed by atoms with E-state index in [1.54, 1.807) is 24.3 Å². The van der Waals surface area contributed by atoms with E-state index in [2.05, 4.69) is 5.32 Å². The number of halogens is 2. The zero-order valence-corrected chi connectivity index (χ0v) is 26.9. The molecule has 0 spiro atoms. The number of rotatable bonds is 13. The van der Waals surface area contributed by atoms with Gasteiger partial charge in [-0.2, -0.15) is 0 Å². The normalized spacial score (nSPS) is 12.6. The monoisotopic (exact) mass is 651 g/mol. The first-order valence-corrected chi connectivity index (χ1v) is 16.5. The van der Waals surface area contributed by atoms with Gasteiger partial charge in [-0.25, -0.2) is 8.42 Å². The lowest BCUT2D eigenvalue weighted by Crippen LogP contribution is -2.54. The van der Waals surface area contributed by atoms with Gasteiger partial charge < -0.3 is 10.2 Å². The Morgan fingerprint density at radius 3 is 1.98 bits per heavy atom. The van der Waals surface area contributed by atoms with Gasteiger partial charge in [0.1, 0.15) is 12.6 Å². The lowest BCUT2D eigenvalue weighted by atomic mass is 10.0. The Labute approximate surface area is 269 Å². The van der Waals surface area contributed by atoms with Crippen molar-refractivity contribution in [1.29, 1.82) is 0 Å². The minimum atomic E-state index is -4.28. The van der Waals surface area contributed by atoms with Gasteiger partial charge in [-0.3, -0.25) is 13.9 Å². The number of nitrogens with one attached hydrogen (secondary N) is 1. The summed E-state index contributed by atoms with van der Waals surface area (Å²) in [4.78, 5) is 29.7. The predicted octanol–water partition coefficient (Wildman–Crippen LogP) is 6.74. The maximum Gasteiger partial charge on any atom is 0.264 e. The molecule has 4 rings (SSSR count). The highest BCUT2D eigenvalue weighted by Gasteiger charge is 2.35. The van der Waals surface area contributed by atoms with Gasteiger partial charge in [0, 0.05) is 24.0 Å². The standard InChI is InChI=1S/C34H35Cl2N3O4S/c1-3-25(2)37-34(41)32(21-26-13-7-4-8-14-26)38(23-27-15-9-5-10-16-27)33(40)24-39(31-22-28(35)19-20-30(31)36)44(42,43)29-17-11-6-12-18-29/h4-20,22,25,32H,3,21,23-24H2,1-2H3,(H,37,41)/t25-,32-/m0/s1. The second-order valence-electron chi connectivity index (χ2n) is 10.5. The number of carbonyl (C=O) groups is 2. The molecule has 2 amide bonds. The van der Waals surface area contributed by atoms with Crippen LogP contribution in [-0.2, 0) is 32.6 Å². The van der Waals surface area contributed by atoms with Crippen LogP contribution in [0.5, 0.6) is 0 Å². The highest BCUT2D eigenvalue weighted by atomic mass is 35.5. The molecule has 0 saturated carbocycles. The molecule has 1 N–H and O–H groups in total. The first kappa shape index (κ1) is 33.1.